The van der Waals surface area contributed by atoms with Gasteiger partial charge in [-0.05, 0) is 30.2 Å². The lowest BCUT2D eigenvalue weighted by molar-refractivity contribution is 0.0982. The number of carbonyl (C=O) groups is 1. The van der Waals surface area contributed by atoms with Gasteiger partial charge in [-0.1, -0.05) is 30.3 Å². The first kappa shape index (κ1) is 11.8. The number of ether oxygens (including phenoxy) is 2. The van der Waals surface area contributed by atoms with Crippen LogP contribution in [0.1, 0.15) is 22.3 Å². The molecule has 0 bridgehead atoms. The molecule has 2 aromatic rings. The summed E-state index contributed by atoms with van der Waals surface area (Å²) in [4.78, 5) is 12.1. The highest BCUT2D eigenvalue weighted by Gasteiger charge is 2.15. The van der Waals surface area contributed by atoms with Crippen LogP contribution in [-0.2, 0) is 6.42 Å². The number of aryl methyl sites for hydroxylation is 1. The third-order valence-electron chi connectivity index (χ3n) is 3.18. The van der Waals surface area contributed by atoms with E-state index in [1.54, 1.807) is 18.2 Å². The largest absolute Gasteiger partial charge is 0.454 e. The molecule has 2 aromatic carbocycles. The molecule has 0 aromatic heterocycles. The normalized spacial score (nSPS) is 12.4. The molecular weight excluding hydrogens is 240 g/mol. The van der Waals surface area contributed by atoms with Gasteiger partial charge in [0, 0.05) is 12.0 Å². The van der Waals surface area contributed by atoms with Crippen molar-refractivity contribution in [3.8, 4) is 11.5 Å². The summed E-state index contributed by atoms with van der Waals surface area (Å²) in [6, 6.07) is 15.4. The van der Waals surface area contributed by atoms with E-state index in [0.29, 0.717) is 23.5 Å². The van der Waals surface area contributed by atoms with Crippen molar-refractivity contribution < 1.29 is 14.3 Å². The van der Waals surface area contributed by atoms with Gasteiger partial charge >= 0.3 is 0 Å². The van der Waals surface area contributed by atoms with Crippen LogP contribution in [0.5, 0.6) is 11.5 Å². The van der Waals surface area contributed by atoms with Crippen LogP contribution in [0.4, 0.5) is 0 Å². The molecule has 0 radical (unpaired) electrons. The third kappa shape index (κ3) is 2.60. The molecule has 3 heteroatoms. The van der Waals surface area contributed by atoms with Crippen molar-refractivity contribution in [2.24, 2.45) is 0 Å². The van der Waals surface area contributed by atoms with Gasteiger partial charge in [-0.2, -0.15) is 0 Å². The van der Waals surface area contributed by atoms with E-state index < -0.39 is 0 Å². The zero-order valence-electron chi connectivity index (χ0n) is 10.5. The highest BCUT2D eigenvalue weighted by molar-refractivity contribution is 5.96. The van der Waals surface area contributed by atoms with E-state index in [2.05, 4.69) is 0 Å². The molecule has 0 amide bonds. The molecule has 0 aliphatic carbocycles. The monoisotopic (exact) mass is 254 g/mol. The second-order valence-corrected chi connectivity index (χ2v) is 4.48. The van der Waals surface area contributed by atoms with Crippen LogP contribution in [0.15, 0.2) is 48.5 Å². The Kier molecular flexibility index (Phi) is 3.19. The van der Waals surface area contributed by atoms with E-state index in [0.717, 1.165) is 6.42 Å². The number of fused-ring (bicyclic) bond motifs is 1. The average molecular weight is 254 g/mol. The summed E-state index contributed by atoms with van der Waals surface area (Å²) in [6.07, 6.45) is 1.26. The molecule has 0 saturated heterocycles. The Morgan fingerprint density at radius 3 is 2.63 bits per heavy atom. The molecule has 0 fully saturated rings. The molecule has 1 heterocycles. The van der Waals surface area contributed by atoms with Crippen LogP contribution in [0.3, 0.4) is 0 Å². The quantitative estimate of drug-likeness (QED) is 0.786. The summed E-state index contributed by atoms with van der Waals surface area (Å²) in [7, 11) is 0. The van der Waals surface area contributed by atoms with E-state index in [4.69, 9.17) is 9.47 Å². The van der Waals surface area contributed by atoms with Crippen LogP contribution in [-0.4, -0.2) is 12.6 Å². The Labute approximate surface area is 111 Å². The Hall–Kier alpha value is -2.29. The average Bonchev–Trinajstić information content (AvgIpc) is 2.93. The molecule has 0 saturated carbocycles. The fourth-order valence-electron chi connectivity index (χ4n) is 2.12. The standard InChI is InChI=1S/C16H14O3/c17-14(8-6-12-4-2-1-3-5-12)13-7-9-15-16(10-13)19-11-18-15/h1-5,7,9-10H,6,8,11H2. The van der Waals surface area contributed by atoms with Gasteiger partial charge in [0.05, 0.1) is 0 Å². The fraction of sp³-hybridized carbons (Fsp3) is 0.188. The number of Topliss-reactive ketones (excluding diaryl/α,β-unsaturated/α-hetero) is 1. The Bertz CT molecular complexity index is 590. The van der Waals surface area contributed by atoms with Crippen molar-refractivity contribution in [1.82, 2.24) is 0 Å². The number of hydrogen-bond donors (Lipinski definition) is 0. The Morgan fingerprint density at radius 2 is 1.79 bits per heavy atom. The predicted molar refractivity (Wildman–Crippen MR) is 71.7 cm³/mol. The van der Waals surface area contributed by atoms with E-state index in [9.17, 15) is 4.79 Å². The highest BCUT2D eigenvalue weighted by Crippen LogP contribution is 2.32. The van der Waals surface area contributed by atoms with E-state index >= 15 is 0 Å². The van der Waals surface area contributed by atoms with Crippen LogP contribution in [0.25, 0.3) is 0 Å². The summed E-state index contributed by atoms with van der Waals surface area (Å²) < 4.78 is 10.5. The Morgan fingerprint density at radius 1 is 1.00 bits per heavy atom. The molecule has 1 aliphatic heterocycles. The first-order chi connectivity index (χ1) is 9.33. The SMILES string of the molecule is O=C(CCc1ccccc1)c1ccc2c(c1)OCO2. The summed E-state index contributed by atoms with van der Waals surface area (Å²) in [5.74, 6) is 1.49. The van der Waals surface area contributed by atoms with Gasteiger partial charge in [0.15, 0.2) is 17.3 Å². The van der Waals surface area contributed by atoms with Crippen molar-refractivity contribution in [1.29, 1.82) is 0 Å². The molecule has 3 rings (SSSR count). The zero-order valence-corrected chi connectivity index (χ0v) is 10.5. The number of carbonyl (C=O) groups excluding carboxylic acids is 1. The molecule has 0 N–H and O–H groups in total. The van der Waals surface area contributed by atoms with Gasteiger partial charge in [0.2, 0.25) is 6.79 Å². The summed E-state index contributed by atoms with van der Waals surface area (Å²) in [5, 5.41) is 0. The second kappa shape index (κ2) is 5.14. The number of rotatable bonds is 4. The fourth-order valence-corrected chi connectivity index (χ4v) is 2.12. The van der Waals surface area contributed by atoms with Crippen LogP contribution >= 0.6 is 0 Å². The van der Waals surface area contributed by atoms with Gasteiger partial charge in [0.25, 0.3) is 0 Å². The van der Waals surface area contributed by atoms with Crippen molar-refractivity contribution in [3.63, 3.8) is 0 Å². The lowest BCUT2D eigenvalue weighted by Crippen LogP contribution is -2.01. The molecule has 0 spiro atoms. The van der Waals surface area contributed by atoms with Gasteiger partial charge in [-0.25, -0.2) is 0 Å². The van der Waals surface area contributed by atoms with Crippen LogP contribution in [0, 0.1) is 0 Å². The van der Waals surface area contributed by atoms with Crippen molar-refractivity contribution in [2.75, 3.05) is 6.79 Å². The summed E-state index contributed by atoms with van der Waals surface area (Å²) in [6.45, 7) is 0.233. The van der Waals surface area contributed by atoms with Crippen LogP contribution < -0.4 is 9.47 Å². The maximum Gasteiger partial charge on any atom is 0.231 e. The highest BCUT2D eigenvalue weighted by atomic mass is 16.7. The van der Waals surface area contributed by atoms with Crippen molar-refractivity contribution >= 4 is 5.78 Å². The van der Waals surface area contributed by atoms with Crippen LogP contribution in [0.2, 0.25) is 0 Å². The lowest BCUT2D eigenvalue weighted by atomic mass is 10.0. The number of benzene rings is 2. The van der Waals surface area contributed by atoms with Gasteiger partial charge in [-0.3, -0.25) is 4.79 Å². The third-order valence-corrected chi connectivity index (χ3v) is 3.18. The van der Waals surface area contributed by atoms with Crippen molar-refractivity contribution in [3.05, 3.63) is 59.7 Å². The van der Waals surface area contributed by atoms with Gasteiger partial charge in [-0.15, -0.1) is 0 Å². The first-order valence-corrected chi connectivity index (χ1v) is 6.30. The molecule has 3 nitrogen and oxygen atoms in total. The molecule has 96 valence electrons. The van der Waals surface area contributed by atoms with Gasteiger partial charge < -0.3 is 9.47 Å². The van der Waals surface area contributed by atoms with E-state index in [1.807, 2.05) is 30.3 Å². The Balaban J connectivity index is 1.67. The summed E-state index contributed by atoms with van der Waals surface area (Å²) >= 11 is 0. The maximum absolute atomic E-state index is 12.1. The lowest BCUT2D eigenvalue weighted by Gasteiger charge is -2.03. The minimum atomic E-state index is 0.127. The zero-order chi connectivity index (χ0) is 13.1. The maximum atomic E-state index is 12.1. The molecule has 1 aliphatic rings. The minimum Gasteiger partial charge on any atom is -0.454 e. The van der Waals surface area contributed by atoms with Crippen molar-refractivity contribution in [2.45, 2.75) is 12.8 Å². The summed E-state index contributed by atoms with van der Waals surface area (Å²) in [5.41, 5.74) is 1.86. The second-order valence-electron chi connectivity index (χ2n) is 4.48. The number of hydrogen-bond acceptors (Lipinski definition) is 3. The van der Waals surface area contributed by atoms with E-state index in [1.165, 1.54) is 5.56 Å². The van der Waals surface area contributed by atoms with E-state index in [-0.39, 0.29) is 12.6 Å². The topological polar surface area (TPSA) is 35.5 Å². The first-order valence-electron chi connectivity index (χ1n) is 6.30. The molecule has 0 atom stereocenters. The predicted octanol–water partition coefficient (Wildman–Crippen LogP) is 3.23. The minimum absolute atomic E-state index is 0.127. The molecular formula is C16H14O3. The molecule has 0 unspecified atom stereocenters. The van der Waals surface area contributed by atoms with Gasteiger partial charge in [0.1, 0.15) is 0 Å². The molecule has 19 heavy (non-hydrogen) atoms. The smallest absolute Gasteiger partial charge is 0.231 e. The number of ketones is 1.